The Morgan fingerprint density at radius 1 is 1.05 bits per heavy atom. The molecule has 0 atom stereocenters. The molecule has 1 aromatic rings. The predicted octanol–water partition coefficient (Wildman–Crippen LogP) is 4.99. The van der Waals surface area contributed by atoms with Crippen molar-refractivity contribution in [2.24, 2.45) is 0 Å². The molecular weight excluding hydrogens is 244 g/mol. The number of ketones is 1. The summed E-state index contributed by atoms with van der Waals surface area (Å²) in [6, 6.07) is 8.49. The van der Waals surface area contributed by atoms with Crippen LogP contribution in [0.2, 0.25) is 0 Å². The van der Waals surface area contributed by atoms with E-state index in [0.717, 1.165) is 18.4 Å². The average molecular weight is 270 g/mol. The van der Waals surface area contributed by atoms with E-state index in [4.69, 9.17) is 0 Å². The fourth-order valence-electron chi connectivity index (χ4n) is 2.75. The Kier molecular flexibility index (Phi) is 4.80. The molecule has 0 heterocycles. The second-order valence-electron chi connectivity index (χ2n) is 6.95. The third kappa shape index (κ3) is 4.33. The first-order valence-corrected chi connectivity index (χ1v) is 7.77. The first-order chi connectivity index (χ1) is 9.45. The van der Waals surface area contributed by atoms with Crippen molar-refractivity contribution in [3.05, 3.63) is 47.0 Å². The van der Waals surface area contributed by atoms with Gasteiger partial charge in [0.2, 0.25) is 0 Å². The summed E-state index contributed by atoms with van der Waals surface area (Å²) in [5.74, 6) is 0.255. The Morgan fingerprint density at radius 2 is 1.65 bits per heavy atom. The number of allylic oxidation sites excluding steroid dienone is 2. The molecule has 0 spiro atoms. The van der Waals surface area contributed by atoms with E-state index in [1.54, 1.807) is 0 Å². The van der Waals surface area contributed by atoms with Crippen molar-refractivity contribution >= 4 is 5.78 Å². The molecule has 0 unspecified atom stereocenters. The molecular formula is C19H26O. The van der Waals surface area contributed by atoms with E-state index in [1.807, 2.05) is 6.08 Å². The highest BCUT2D eigenvalue weighted by Gasteiger charge is 2.13. The summed E-state index contributed by atoms with van der Waals surface area (Å²) in [6.07, 6.45) is 8.49. The summed E-state index contributed by atoms with van der Waals surface area (Å²) >= 11 is 0. The summed E-state index contributed by atoms with van der Waals surface area (Å²) in [5.41, 5.74) is 3.97. The zero-order chi connectivity index (χ0) is 14.6. The van der Waals surface area contributed by atoms with Crippen LogP contribution in [-0.4, -0.2) is 5.78 Å². The van der Waals surface area contributed by atoms with Crippen molar-refractivity contribution in [3.8, 4) is 0 Å². The minimum Gasteiger partial charge on any atom is -0.294 e. The molecule has 20 heavy (non-hydrogen) atoms. The quantitative estimate of drug-likeness (QED) is 0.707. The van der Waals surface area contributed by atoms with E-state index in [2.05, 4.69) is 45.0 Å². The van der Waals surface area contributed by atoms with Gasteiger partial charge in [-0.25, -0.2) is 0 Å². The van der Waals surface area contributed by atoms with Crippen molar-refractivity contribution in [2.75, 3.05) is 0 Å². The van der Waals surface area contributed by atoms with E-state index in [9.17, 15) is 4.79 Å². The van der Waals surface area contributed by atoms with E-state index in [0.29, 0.717) is 6.42 Å². The van der Waals surface area contributed by atoms with Crippen LogP contribution >= 0.6 is 0 Å². The van der Waals surface area contributed by atoms with Gasteiger partial charge in [0.1, 0.15) is 0 Å². The number of carbonyl (C=O) groups excluding carboxylic acids is 1. The highest BCUT2D eigenvalue weighted by Crippen LogP contribution is 2.24. The van der Waals surface area contributed by atoms with Crippen molar-refractivity contribution in [1.29, 1.82) is 0 Å². The van der Waals surface area contributed by atoms with Gasteiger partial charge in [0.05, 0.1) is 0 Å². The van der Waals surface area contributed by atoms with Crippen molar-refractivity contribution in [2.45, 2.75) is 64.7 Å². The molecule has 1 nitrogen and oxygen atoms in total. The molecule has 0 saturated heterocycles. The monoisotopic (exact) mass is 270 g/mol. The van der Waals surface area contributed by atoms with E-state index in [-0.39, 0.29) is 11.2 Å². The van der Waals surface area contributed by atoms with Crippen molar-refractivity contribution < 1.29 is 4.79 Å². The molecule has 1 aromatic carbocycles. The van der Waals surface area contributed by atoms with Crippen LogP contribution in [-0.2, 0) is 16.6 Å². The van der Waals surface area contributed by atoms with Gasteiger partial charge in [-0.1, -0.05) is 57.0 Å². The van der Waals surface area contributed by atoms with Gasteiger partial charge in [0.25, 0.3) is 0 Å². The summed E-state index contributed by atoms with van der Waals surface area (Å²) < 4.78 is 0. The standard InChI is InChI=1S/C19H26O/c1-19(2,3)17-11-9-16(10-12-17)14-18(20)13-15-7-5-4-6-8-15/h9-13H,4-8,14H2,1-3H3. The Morgan fingerprint density at radius 3 is 2.20 bits per heavy atom. The van der Waals surface area contributed by atoms with Crippen LogP contribution in [0.25, 0.3) is 0 Å². The Bertz CT molecular complexity index is 477. The van der Waals surface area contributed by atoms with Gasteiger partial charge in [-0.15, -0.1) is 0 Å². The molecule has 1 aliphatic rings. The Hall–Kier alpha value is -1.37. The summed E-state index contributed by atoms with van der Waals surface area (Å²) in [7, 11) is 0. The SMILES string of the molecule is CC(C)(C)c1ccc(CC(=O)C=C2CCCCC2)cc1. The van der Waals surface area contributed by atoms with Crippen molar-refractivity contribution in [1.82, 2.24) is 0 Å². The smallest absolute Gasteiger partial charge is 0.160 e. The maximum Gasteiger partial charge on any atom is 0.160 e. The third-order valence-electron chi connectivity index (χ3n) is 4.06. The Balaban J connectivity index is 1.97. The molecule has 0 amide bonds. The van der Waals surface area contributed by atoms with Gasteiger partial charge < -0.3 is 0 Å². The molecule has 108 valence electrons. The Labute approximate surface area is 123 Å². The highest BCUT2D eigenvalue weighted by atomic mass is 16.1. The first-order valence-electron chi connectivity index (χ1n) is 7.77. The van der Waals surface area contributed by atoms with E-state index >= 15 is 0 Å². The lowest BCUT2D eigenvalue weighted by Crippen LogP contribution is -2.11. The average Bonchev–Trinajstić information content (AvgIpc) is 2.39. The van der Waals surface area contributed by atoms with Gasteiger partial charge in [0, 0.05) is 6.42 Å². The topological polar surface area (TPSA) is 17.1 Å². The number of benzene rings is 1. The van der Waals surface area contributed by atoms with Crippen LogP contribution in [0.5, 0.6) is 0 Å². The second kappa shape index (κ2) is 6.39. The van der Waals surface area contributed by atoms with Gasteiger partial charge in [-0.05, 0) is 48.3 Å². The van der Waals surface area contributed by atoms with Crippen LogP contribution < -0.4 is 0 Å². The highest BCUT2D eigenvalue weighted by molar-refractivity contribution is 5.92. The number of rotatable bonds is 3. The number of carbonyl (C=O) groups is 1. The fraction of sp³-hybridized carbons (Fsp3) is 0.526. The van der Waals surface area contributed by atoms with Gasteiger partial charge in [-0.3, -0.25) is 4.79 Å². The summed E-state index contributed by atoms with van der Waals surface area (Å²) in [4.78, 5) is 12.1. The third-order valence-corrected chi connectivity index (χ3v) is 4.06. The van der Waals surface area contributed by atoms with Crippen LogP contribution in [0.3, 0.4) is 0 Å². The molecule has 1 fully saturated rings. The first kappa shape index (κ1) is 15.0. The molecule has 2 rings (SSSR count). The fourth-order valence-corrected chi connectivity index (χ4v) is 2.75. The predicted molar refractivity (Wildman–Crippen MR) is 85.0 cm³/mol. The lowest BCUT2D eigenvalue weighted by atomic mass is 9.86. The summed E-state index contributed by atoms with van der Waals surface area (Å²) in [6.45, 7) is 6.63. The van der Waals surface area contributed by atoms with Crippen LogP contribution in [0.15, 0.2) is 35.9 Å². The molecule has 0 aromatic heterocycles. The molecule has 1 heteroatoms. The number of hydrogen-bond donors (Lipinski definition) is 0. The largest absolute Gasteiger partial charge is 0.294 e. The lowest BCUT2D eigenvalue weighted by Gasteiger charge is -2.19. The van der Waals surface area contributed by atoms with Gasteiger partial charge in [0.15, 0.2) is 5.78 Å². The van der Waals surface area contributed by atoms with E-state index < -0.39 is 0 Å². The van der Waals surface area contributed by atoms with Gasteiger partial charge in [-0.2, -0.15) is 0 Å². The van der Waals surface area contributed by atoms with E-state index in [1.165, 1.54) is 30.4 Å². The molecule has 0 aliphatic heterocycles. The zero-order valence-electron chi connectivity index (χ0n) is 13.0. The minimum absolute atomic E-state index is 0.173. The summed E-state index contributed by atoms with van der Waals surface area (Å²) in [5, 5.41) is 0. The molecule has 0 bridgehead atoms. The zero-order valence-corrected chi connectivity index (χ0v) is 13.0. The molecule has 0 radical (unpaired) electrons. The van der Waals surface area contributed by atoms with Crippen LogP contribution in [0.4, 0.5) is 0 Å². The molecule has 0 N–H and O–H groups in total. The maximum atomic E-state index is 12.1. The normalized spacial score (nSPS) is 16.1. The molecule has 1 saturated carbocycles. The minimum atomic E-state index is 0.173. The van der Waals surface area contributed by atoms with Crippen LogP contribution in [0.1, 0.15) is 64.0 Å². The van der Waals surface area contributed by atoms with Gasteiger partial charge >= 0.3 is 0 Å². The molecule has 1 aliphatic carbocycles. The second-order valence-corrected chi connectivity index (χ2v) is 6.95. The maximum absolute atomic E-state index is 12.1. The van der Waals surface area contributed by atoms with Crippen molar-refractivity contribution in [3.63, 3.8) is 0 Å². The van der Waals surface area contributed by atoms with Crippen LogP contribution in [0, 0.1) is 0 Å². The lowest BCUT2D eigenvalue weighted by molar-refractivity contribution is -0.114. The number of hydrogen-bond acceptors (Lipinski definition) is 1.